The third-order valence-electron chi connectivity index (χ3n) is 5.34. The Balaban J connectivity index is 1.28. The number of nitrogens with two attached hydrogens (primary N) is 2. The molecule has 0 bridgehead atoms. The predicted octanol–water partition coefficient (Wildman–Crippen LogP) is 3.19. The quantitative estimate of drug-likeness (QED) is 0.227. The summed E-state index contributed by atoms with van der Waals surface area (Å²) in [5, 5.41) is 12.0. The van der Waals surface area contributed by atoms with Crippen LogP contribution in [0.3, 0.4) is 0 Å². The molecule has 11 heteroatoms. The summed E-state index contributed by atoms with van der Waals surface area (Å²) in [6.45, 7) is 6.31. The first-order valence-electron chi connectivity index (χ1n) is 10.6. The average molecular weight is 457 g/mol. The van der Waals surface area contributed by atoms with E-state index in [2.05, 4.69) is 39.4 Å². The molecule has 170 valence electrons. The molecule has 1 aliphatic heterocycles. The highest BCUT2D eigenvalue weighted by Crippen LogP contribution is 2.32. The zero-order chi connectivity index (χ0) is 22.5. The van der Waals surface area contributed by atoms with Crippen LogP contribution in [0.1, 0.15) is 55.1 Å². The van der Waals surface area contributed by atoms with Crippen molar-refractivity contribution in [2.45, 2.75) is 45.1 Å². The van der Waals surface area contributed by atoms with E-state index in [1.165, 1.54) is 11.3 Å². The predicted molar refractivity (Wildman–Crippen MR) is 125 cm³/mol. The van der Waals surface area contributed by atoms with Crippen LogP contribution in [-0.2, 0) is 6.61 Å². The molecule has 1 fully saturated rings. The maximum atomic E-state index is 5.87. The van der Waals surface area contributed by atoms with Crippen LogP contribution in [0, 0.1) is 0 Å². The minimum atomic E-state index is 0.264. The summed E-state index contributed by atoms with van der Waals surface area (Å²) in [6.07, 6.45) is 3.36. The molecule has 4 rings (SSSR count). The molecule has 3 heterocycles. The number of hydrogen-bond acceptors (Lipinski definition) is 10. The normalized spacial score (nSPS) is 15.1. The third kappa shape index (κ3) is 5.17. The number of thiazole rings is 1. The van der Waals surface area contributed by atoms with Gasteiger partial charge < -0.3 is 20.0 Å². The monoisotopic (exact) mass is 456 g/mol. The van der Waals surface area contributed by atoms with Crippen LogP contribution >= 0.6 is 11.3 Å². The van der Waals surface area contributed by atoms with Gasteiger partial charge in [0.05, 0.1) is 16.4 Å². The van der Waals surface area contributed by atoms with Gasteiger partial charge in [0.1, 0.15) is 18.7 Å². The molecule has 1 aromatic carbocycles. The van der Waals surface area contributed by atoms with E-state index in [0.717, 1.165) is 53.9 Å². The summed E-state index contributed by atoms with van der Waals surface area (Å²) >= 11 is 1.70. The molecule has 1 aliphatic rings. The lowest BCUT2D eigenvalue weighted by atomic mass is 9.98. The molecule has 2 aromatic heterocycles. The summed E-state index contributed by atoms with van der Waals surface area (Å²) in [6, 6.07) is 8.00. The molecule has 10 nitrogen and oxygen atoms in total. The molecule has 4 N–H and O–H groups in total. The van der Waals surface area contributed by atoms with Crippen molar-refractivity contribution < 1.29 is 9.26 Å². The van der Waals surface area contributed by atoms with Crippen molar-refractivity contribution in [3.63, 3.8) is 0 Å². The molecule has 1 saturated heterocycles. The Labute approximate surface area is 190 Å². The number of rotatable bonds is 8. The lowest BCUT2D eigenvalue weighted by Gasteiger charge is -2.29. The van der Waals surface area contributed by atoms with Crippen molar-refractivity contribution in [2.75, 3.05) is 23.0 Å². The molecular formula is C21H28N8O2S. The van der Waals surface area contributed by atoms with E-state index in [1.807, 2.05) is 24.3 Å². The second-order valence-corrected chi connectivity index (χ2v) is 8.87. The number of benzene rings is 1. The van der Waals surface area contributed by atoms with E-state index < -0.39 is 0 Å². The zero-order valence-electron chi connectivity index (χ0n) is 18.2. The van der Waals surface area contributed by atoms with Crippen LogP contribution in [-0.4, -0.2) is 34.6 Å². The fourth-order valence-corrected chi connectivity index (χ4v) is 4.47. The van der Waals surface area contributed by atoms with E-state index in [-0.39, 0.29) is 5.92 Å². The number of hydrazine groups is 1. The van der Waals surface area contributed by atoms with Gasteiger partial charge in [-0.25, -0.2) is 10.8 Å². The van der Waals surface area contributed by atoms with Gasteiger partial charge in [-0.3, -0.25) is 5.01 Å². The molecule has 0 amide bonds. The maximum Gasteiger partial charge on any atom is 0.324 e. The van der Waals surface area contributed by atoms with Gasteiger partial charge in [0.25, 0.3) is 0 Å². The number of hydrazone groups is 1. The van der Waals surface area contributed by atoms with E-state index in [1.54, 1.807) is 11.3 Å². The summed E-state index contributed by atoms with van der Waals surface area (Å²) in [4.78, 5) is 11.5. The van der Waals surface area contributed by atoms with Crippen LogP contribution in [0.2, 0.25) is 0 Å². The van der Waals surface area contributed by atoms with Crippen molar-refractivity contribution in [1.29, 1.82) is 0 Å². The SMILES string of the molecule is CC(C)c1noc(N2CCC(c3nc(COc4ccc(N(N)/C=N\N)cc4)cs3)CC2)n1. The number of ether oxygens (including phenoxy) is 1. The van der Waals surface area contributed by atoms with Crippen molar-refractivity contribution in [2.24, 2.45) is 16.8 Å². The van der Waals surface area contributed by atoms with Gasteiger partial charge in [-0.15, -0.1) is 11.3 Å². The molecule has 0 radical (unpaired) electrons. The molecule has 0 unspecified atom stereocenters. The molecule has 0 spiro atoms. The van der Waals surface area contributed by atoms with Crippen LogP contribution in [0.25, 0.3) is 0 Å². The van der Waals surface area contributed by atoms with E-state index in [4.69, 9.17) is 25.9 Å². The number of piperidine rings is 1. The van der Waals surface area contributed by atoms with Crippen molar-refractivity contribution in [1.82, 2.24) is 15.1 Å². The second-order valence-electron chi connectivity index (χ2n) is 7.98. The minimum Gasteiger partial charge on any atom is -0.487 e. The van der Waals surface area contributed by atoms with E-state index in [9.17, 15) is 0 Å². The van der Waals surface area contributed by atoms with E-state index in [0.29, 0.717) is 18.5 Å². The average Bonchev–Trinajstić information content (AvgIpc) is 3.49. The highest BCUT2D eigenvalue weighted by Gasteiger charge is 2.26. The third-order valence-corrected chi connectivity index (χ3v) is 6.40. The first-order chi connectivity index (χ1) is 15.5. The first kappa shape index (κ1) is 22.0. The molecular weight excluding hydrogens is 428 g/mol. The lowest BCUT2D eigenvalue weighted by Crippen LogP contribution is -2.33. The molecule has 3 aromatic rings. The Hall–Kier alpha value is -3.18. The highest BCUT2D eigenvalue weighted by molar-refractivity contribution is 7.09. The van der Waals surface area contributed by atoms with Gasteiger partial charge in [0.15, 0.2) is 5.82 Å². The number of aromatic nitrogens is 3. The van der Waals surface area contributed by atoms with Gasteiger partial charge in [-0.2, -0.15) is 10.1 Å². The highest BCUT2D eigenvalue weighted by atomic mass is 32.1. The molecule has 0 saturated carbocycles. The number of hydrogen-bond donors (Lipinski definition) is 2. The Morgan fingerprint density at radius 2 is 2.03 bits per heavy atom. The van der Waals surface area contributed by atoms with Crippen LogP contribution in [0.5, 0.6) is 5.75 Å². The first-order valence-corrected chi connectivity index (χ1v) is 11.4. The van der Waals surface area contributed by atoms with Gasteiger partial charge in [-0.05, 0) is 37.1 Å². The van der Waals surface area contributed by atoms with Crippen molar-refractivity contribution in [3.8, 4) is 5.75 Å². The zero-order valence-corrected chi connectivity index (χ0v) is 19.0. The summed E-state index contributed by atoms with van der Waals surface area (Å²) in [5.74, 6) is 13.1. The van der Waals surface area contributed by atoms with Gasteiger partial charge in [0.2, 0.25) is 0 Å². The maximum absolute atomic E-state index is 5.87. The summed E-state index contributed by atoms with van der Waals surface area (Å²) in [5.41, 5.74) is 1.69. The molecule has 0 atom stereocenters. The molecule has 32 heavy (non-hydrogen) atoms. The number of anilines is 2. The van der Waals surface area contributed by atoms with Gasteiger partial charge in [0, 0.05) is 30.3 Å². The summed E-state index contributed by atoms with van der Waals surface area (Å²) < 4.78 is 11.3. The smallest absolute Gasteiger partial charge is 0.324 e. The molecule has 0 aliphatic carbocycles. The Bertz CT molecular complexity index is 1020. The Morgan fingerprint density at radius 1 is 1.28 bits per heavy atom. The van der Waals surface area contributed by atoms with Gasteiger partial charge >= 0.3 is 6.01 Å². The van der Waals surface area contributed by atoms with Crippen LogP contribution in [0.15, 0.2) is 39.3 Å². The number of nitrogens with zero attached hydrogens (tertiary/aromatic N) is 6. The van der Waals surface area contributed by atoms with Crippen molar-refractivity contribution >= 4 is 29.4 Å². The Kier molecular flexibility index (Phi) is 6.86. The Morgan fingerprint density at radius 3 is 2.69 bits per heavy atom. The minimum absolute atomic E-state index is 0.264. The topological polar surface area (TPSA) is 132 Å². The van der Waals surface area contributed by atoms with Crippen LogP contribution in [0.4, 0.5) is 11.7 Å². The van der Waals surface area contributed by atoms with Crippen molar-refractivity contribution in [3.05, 3.63) is 46.2 Å². The fraction of sp³-hybridized carbons (Fsp3) is 0.429. The summed E-state index contributed by atoms with van der Waals surface area (Å²) in [7, 11) is 0. The van der Waals surface area contributed by atoms with Crippen LogP contribution < -0.4 is 26.3 Å². The lowest BCUT2D eigenvalue weighted by molar-refractivity contribution is 0.301. The standard InChI is InChI=1S/C21H28N8O2S/c1-14(2)19-26-21(31-27-19)28-9-7-15(8-10-28)20-25-16(12-32-20)11-30-18-5-3-17(4-6-18)29(23)13-24-22/h3-6,12-15H,7-11,22-23H2,1-2H3/b24-13-. The van der Waals surface area contributed by atoms with Gasteiger partial charge in [-0.1, -0.05) is 19.0 Å². The second kappa shape index (κ2) is 9.96. The largest absolute Gasteiger partial charge is 0.487 e. The fourth-order valence-electron chi connectivity index (χ4n) is 3.49. The van der Waals surface area contributed by atoms with E-state index >= 15 is 0 Å².